The first kappa shape index (κ1) is 9.39. The predicted octanol–water partition coefficient (Wildman–Crippen LogP) is 0.409. The Kier molecular flexibility index (Phi) is 2.21. The third-order valence-corrected chi connectivity index (χ3v) is 1.91. The number of hydrogen-bond donors (Lipinski definition) is 0. The SMILES string of the molecule is Cc1ccc(-c2nc(C(=O)[O-])no2)cc1. The molecule has 0 saturated heterocycles. The highest BCUT2D eigenvalue weighted by Gasteiger charge is 2.08. The molecule has 0 spiro atoms. The molecule has 1 aromatic heterocycles. The van der Waals surface area contributed by atoms with E-state index in [1.165, 1.54) is 0 Å². The molecule has 1 heterocycles. The van der Waals surface area contributed by atoms with Crippen molar-refractivity contribution in [3.63, 3.8) is 0 Å². The fourth-order valence-corrected chi connectivity index (χ4v) is 1.12. The molecule has 0 aliphatic rings. The number of hydrogen-bond acceptors (Lipinski definition) is 5. The first-order chi connectivity index (χ1) is 7.16. The summed E-state index contributed by atoms with van der Waals surface area (Å²) in [6, 6.07) is 7.31. The van der Waals surface area contributed by atoms with Crippen LogP contribution >= 0.6 is 0 Å². The van der Waals surface area contributed by atoms with Crippen LogP contribution in [0.3, 0.4) is 0 Å². The Morgan fingerprint density at radius 2 is 2.00 bits per heavy atom. The number of nitrogens with zero attached hydrogens (tertiary/aromatic N) is 2. The second-order valence-electron chi connectivity index (χ2n) is 3.08. The highest BCUT2D eigenvalue weighted by Crippen LogP contribution is 2.17. The molecule has 76 valence electrons. The Hall–Kier alpha value is -2.17. The molecule has 0 atom stereocenters. The van der Waals surface area contributed by atoms with Crippen molar-refractivity contribution in [2.45, 2.75) is 6.92 Å². The van der Waals surface area contributed by atoms with Gasteiger partial charge in [-0.2, -0.15) is 4.98 Å². The van der Waals surface area contributed by atoms with Gasteiger partial charge < -0.3 is 14.4 Å². The van der Waals surface area contributed by atoms with E-state index in [0.29, 0.717) is 5.56 Å². The smallest absolute Gasteiger partial charge is 0.258 e. The van der Waals surface area contributed by atoms with E-state index in [4.69, 9.17) is 4.52 Å². The van der Waals surface area contributed by atoms with Crippen molar-refractivity contribution in [2.75, 3.05) is 0 Å². The maximum Gasteiger partial charge on any atom is 0.258 e. The monoisotopic (exact) mass is 203 g/mol. The third kappa shape index (κ3) is 1.85. The molecule has 0 unspecified atom stereocenters. The lowest BCUT2D eigenvalue weighted by Crippen LogP contribution is -2.23. The van der Waals surface area contributed by atoms with E-state index in [1.54, 1.807) is 12.1 Å². The lowest BCUT2D eigenvalue weighted by atomic mass is 10.1. The molecule has 0 saturated carbocycles. The van der Waals surface area contributed by atoms with Crippen molar-refractivity contribution in [3.05, 3.63) is 35.7 Å². The minimum atomic E-state index is -1.45. The fraction of sp³-hybridized carbons (Fsp3) is 0.100. The van der Waals surface area contributed by atoms with Crippen molar-refractivity contribution in [1.82, 2.24) is 10.1 Å². The van der Waals surface area contributed by atoms with Crippen LogP contribution in [0, 0.1) is 6.92 Å². The maximum absolute atomic E-state index is 10.4. The topological polar surface area (TPSA) is 79.0 Å². The van der Waals surface area contributed by atoms with Crippen LogP contribution in [0.1, 0.15) is 16.2 Å². The predicted molar refractivity (Wildman–Crippen MR) is 48.8 cm³/mol. The van der Waals surface area contributed by atoms with E-state index in [2.05, 4.69) is 10.1 Å². The first-order valence-electron chi connectivity index (χ1n) is 4.29. The number of aromatic carboxylic acids is 1. The molecular formula is C10H7N2O3-. The van der Waals surface area contributed by atoms with Gasteiger partial charge in [0.2, 0.25) is 5.82 Å². The van der Waals surface area contributed by atoms with Gasteiger partial charge in [0, 0.05) is 5.56 Å². The Balaban J connectivity index is 2.37. The van der Waals surface area contributed by atoms with Crippen molar-refractivity contribution in [3.8, 4) is 11.5 Å². The lowest BCUT2D eigenvalue weighted by Gasteiger charge is -1.94. The van der Waals surface area contributed by atoms with Crippen LogP contribution in [0.25, 0.3) is 11.5 Å². The number of carboxylic acids is 1. The Morgan fingerprint density at radius 3 is 2.53 bits per heavy atom. The highest BCUT2D eigenvalue weighted by molar-refractivity contribution is 5.81. The van der Waals surface area contributed by atoms with E-state index in [9.17, 15) is 9.90 Å². The van der Waals surface area contributed by atoms with Gasteiger partial charge in [-0.1, -0.05) is 22.9 Å². The van der Waals surface area contributed by atoms with Gasteiger partial charge >= 0.3 is 0 Å². The molecule has 0 radical (unpaired) electrons. The van der Waals surface area contributed by atoms with E-state index in [-0.39, 0.29) is 5.89 Å². The van der Waals surface area contributed by atoms with Crippen molar-refractivity contribution < 1.29 is 14.4 Å². The zero-order valence-electron chi connectivity index (χ0n) is 7.93. The van der Waals surface area contributed by atoms with Gasteiger partial charge in [-0.25, -0.2) is 0 Å². The Morgan fingerprint density at radius 1 is 1.33 bits per heavy atom. The molecule has 0 N–H and O–H groups in total. The quantitative estimate of drug-likeness (QED) is 0.706. The maximum atomic E-state index is 10.4. The number of carbonyl (C=O) groups is 1. The van der Waals surface area contributed by atoms with Crippen LogP contribution in [-0.4, -0.2) is 16.1 Å². The molecule has 0 fully saturated rings. The van der Waals surface area contributed by atoms with Crippen LogP contribution in [-0.2, 0) is 0 Å². The number of aryl methyl sites for hydroxylation is 1. The van der Waals surface area contributed by atoms with Gasteiger partial charge in [-0.05, 0) is 19.1 Å². The van der Waals surface area contributed by atoms with Crippen LogP contribution in [0.15, 0.2) is 28.8 Å². The van der Waals surface area contributed by atoms with Gasteiger partial charge in [0.15, 0.2) is 0 Å². The molecule has 0 amide bonds. The van der Waals surface area contributed by atoms with E-state index >= 15 is 0 Å². The summed E-state index contributed by atoms with van der Waals surface area (Å²) in [4.78, 5) is 14.1. The minimum absolute atomic E-state index is 0.175. The van der Waals surface area contributed by atoms with Gasteiger partial charge in [-0.3, -0.25) is 0 Å². The summed E-state index contributed by atoms with van der Waals surface area (Å²) in [5.41, 5.74) is 1.78. The third-order valence-electron chi connectivity index (χ3n) is 1.91. The molecule has 2 rings (SSSR count). The summed E-state index contributed by atoms with van der Waals surface area (Å²) in [7, 11) is 0. The molecule has 15 heavy (non-hydrogen) atoms. The summed E-state index contributed by atoms with van der Waals surface area (Å²) < 4.78 is 4.77. The Labute approximate surface area is 85.4 Å². The average Bonchev–Trinajstić information content (AvgIpc) is 2.68. The molecule has 1 aromatic carbocycles. The number of benzene rings is 1. The highest BCUT2D eigenvalue weighted by atomic mass is 16.5. The summed E-state index contributed by atoms with van der Waals surface area (Å²) >= 11 is 0. The normalized spacial score (nSPS) is 10.2. The van der Waals surface area contributed by atoms with Crippen LogP contribution < -0.4 is 5.11 Å². The molecule has 5 nitrogen and oxygen atoms in total. The number of rotatable bonds is 2. The fourth-order valence-electron chi connectivity index (χ4n) is 1.12. The van der Waals surface area contributed by atoms with E-state index in [0.717, 1.165) is 5.56 Å². The lowest BCUT2D eigenvalue weighted by molar-refractivity contribution is -0.256. The molecule has 0 bridgehead atoms. The molecular weight excluding hydrogens is 196 g/mol. The standard InChI is InChI=1S/C10H8N2O3/c1-6-2-4-7(5-3-6)9-11-8(10(13)14)12-15-9/h2-5H,1H3,(H,13,14)/p-1. The molecule has 0 aliphatic heterocycles. The van der Waals surface area contributed by atoms with Gasteiger partial charge in [0.1, 0.15) is 5.97 Å². The van der Waals surface area contributed by atoms with Gasteiger partial charge in [0.05, 0.1) is 0 Å². The van der Waals surface area contributed by atoms with E-state index < -0.39 is 11.8 Å². The van der Waals surface area contributed by atoms with Crippen LogP contribution in [0.5, 0.6) is 0 Å². The summed E-state index contributed by atoms with van der Waals surface area (Å²) in [5, 5.41) is 13.7. The van der Waals surface area contributed by atoms with Crippen LogP contribution in [0.4, 0.5) is 0 Å². The minimum Gasteiger partial charge on any atom is -0.541 e. The van der Waals surface area contributed by atoms with Crippen LogP contribution in [0.2, 0.25) is 0 Å². The van der Waals surface area contributed by atoms with Gasteiger partial charge in [-0.15, -0.1) is 0 Å². The van der Waals surface area contributed by atoms with E-state index in [1.807, 2.05) is 19.1 Å². The second kappa shape index (κ2) is 3.53. The van der Waals surface area contributed by atoms with Gasteiger partial charge in [0.25, 0.3) is 5.89 Å². The van der Waals surface area contributed by atoms with Crippen molar-refractivity contribution in [1.29, 1.82) is 0 Å². The number of aromatic nitrogens is 2. The summed E-state index contributed by atoms with van der Waals surface area (Å²) in [6.07, 6.45) is 0. The zero-order valence-corrected chi connectivity index (χ0v) is 7.93. The molecule has 0 aliphatic carbocycles. The Bertz CT molecular complexity index is 488. The zero-order chi connectivity index (χ0) is 10.8. The van der Waals surface area contributed by atoms with Crippen molar-refractivity contribution >= 4 is 5.97 Å². The summed E-state index contributed by atoms with van der Waals surface area (Å²) in [5.74, 6) is -1.71. The first-order valence-corrected chi connectivity index (χ1v) is 4.29. The largest absolute Gasteiger partial charge is 0.541 e. The number of carbonyl (C=O) groups excluding carboxylic acids is 1. The molecule has 5 heteroatoms. The summed E-state index contributed by atoms with van der Waals surface area (Å²) in [6.45, 7) is 1.95. The number of carboxylic acid groups (broad SMARTS) is 1. The average molecular weight is 203 g/mol. The molecule has 2 aromatic rings. The van der Waals surface area contributed by atoms with Crippen molar-refractivity contribution in [2.24, 2.45) is 0 Å². The second-order valence-corrected chi connectivity index (χ2v) is 3.08.